The highest BCUT2D eigenvalue weighted by molar-refractivity contribution is 5.70. The molecule has 9 nitrogen and oxygen atoms in total. The summed E-state index contributed by atoms with van der Waals surface area (Å²) in [5.41, 5.74) is 0. The van der Waals surface area contributed by atoms with Crippen LogP contribution < -0.4 is 5.11 Å². The summed E-state index contributed by atoms with van der Waals surface area (Å²) in [5, 5.41) is 11.9. The van der Waals surface area contributed by atoms with E-state index in [1.165, 1.54) is 321 Å². The van der Waals surface area contributed by atoms with Crippen molar-refractivity contribution in [2.24, 2.45) is 0 Å². The summed E-state index contributed by atoms with van der Waals surface area (Å²) in [6.07, 6.45) is 92.4. The Morgan fingerprint density at radius 3 is 0.890 bits per heavy atom. The minimum absolute atomic E-state index is 0.150. The molecule has 0 aromatic carbocycles. The van der Waals surface area contributed by atoms with Crippen LogP contribution in [0.4, 0.5) is 0 Å². The smallest absolute Gasteiger partial charge is 0.306 e. The Labute approximate surface area is 565 Å². The number of carboxylic acid groups (broad SMARTS) is 1. The van der Waals surface area contributed by atoms with Gasteiger partial charge in [0.1, 0.15) is 13.2 Å². The number of hydrogen-bond donors (Lipinski definition) is 0. The number of allylic oxidation sites excluding steroid dienone is 8. The molecular weight excluding hydrogens is 1130 g/mol. The van der Waals surface area contributed by atoms with E-state index in [1.54, 1.807) is 0 Å². The molecule has 2 atom stereocenters. The Bertz CT molecular complexity index is 1630. The molecule has 0 spiro atoms. The molecule has 0 heterocycles. The van der Waals surface area contributed by atoms with Gasteiger partial charge in [-0.15, -0.1) is 0 Å². The molecule has 0 fully saturated rings. The van der Waals surface area contributed by atoms with Gasteiger partial charge in [-0.2, -0.15) is 0 Å². The number of ether oxygens (including phenoxy) is 4. The fourth-order valence-corrected chi connectivity index (χ4v) is 12.0. The monoisotopic (exact) mass is 1280 g/mol. The maximum absolute atomic E-state index is 13.0. The molecule has 0 aromatic rings. The zero-order chi connectivity index (χ0) is 66.1. The van der Waals surface area contributed by atoms with Crippen molar-refractivity contribution in [2.75, 3.05) is 47.5 Å². The Kier molecular flexibility index (Phi) is 70.9. The number of quaternary nitrogens is 1. The van der Waals surface area contributed by atoms with Gasteiger partial charge in [0.05, 0.1) is 40.3 Å². The van der Waals surface area contributed by atoms with E-state index in [-0.39, 0.29) is 32.2 Å². The normalized spacial score (nSPS) is 12.8. The number of aliphatic carboxylic acids is 1. The van der Waals surface area contributed by atoms with Crippen LogP contribution in [0.2, 0.25) is 0 Å². The second kappa shape index (κ2) is 73.1. The summed E-state index contributed by atoms with van der Waals surface area (Å²) < 4.78 is 22.9. The lowest BCUT2D eigenvalue weighted by Crippen LogP contribution is -2.44. The SMILES string of the molecule is CCCCCCC/C=C\C/C=C\C/C=C\CCCCCCCCCCCCCCCCCCCCCCCCCCC(=O)OC(COC(=O)CCCCCCCCCCCCCCCCC/C=C\CCCCCCCCCC)COC(OCC[N+](C)(C)C)C(=O)[O-]. The van der Waals surface area contributed by atoms with E-state index >= 15 is 0 Å². The van der Waals surface area contributed by atoms with E-state index in [1.807, 2.05) is 21.1 Å². The van der Waals surface area contributed by atoms with Crippen LogP contribution in [0.25, 0.3) is 0 Å². The number of carbonyl (C=O) groups excluding carboxylic acids is 3. The third kappa shape index (κ3) is 74.5. The highest BCUT2D eigenvalue weighted by atomic mass is 16.7. The molecule has 0 saturated heterocycles. The van der Waals surface area contributed by atoms with Crippen molar-refractivity contribution in [3.63, 3.8) is 0 Å². The van der Waals surface area contributed by atoms with Crippen LogP contribution in [-0.4, -0.2) is 82.3 Å². The van der Waals surface area contributed by atoms with Crippen LogP contribution in [0.3, 0.4) is 0 Å². The maximum atomic E-state index is 13.0. The zero-order valence-corrected chi connectivity index (χ0v) is 61.2. The van der Waals surface area contributed by atoms with Gasteiger partial charge in [0.15, 0.2) is 12.4 Å². The molecule has 9 heteroatoms. The van der Waals surface area contributed by atoms with E-state index in [0.717, 1.165) is 51.4 Å². The summed E-state index contributed by atoms with van der Waals surface area (Å²) in [6, 6.07) is 0. The first kappa shape index (κ1) is 88.2. The van der Waals surface area contributed by atoms with Gasteiger partial charge in [-0.3, -0.25) is 9.59 Å². The van der Waals surface area contributed by atoms with E-state index in [4.69, 9.17) is 18.9 Å². The number of nitrogens with zero attached hydrogens (tertiary/aromatic N) is 1. The predicted octanol–water partition coefficient (Wildman–Crippen LogP) is 23.9. The standard InChI is InChI=1S/C82H153NO8/c1-6-8-10-12-14-16-18-20-22-24-26-28-30-32-34-35-36-37-38-39-40-41-42-43-44-45-47-49-51-53-55-57-59-61-63-65-67-69-71-73-80(85)91-78(77-90-82(81(86)87)88-75-74-83(3,4)5)76-89-79(84)72-70-68-66-64-62-60-58-56-54-52-50-48-46-33-31-29-27-25-23-21-19-17-15-13-11-9-7-2/h18,20,24-27,30,32,78,82H,6-17,19,21-23,28-29,31,33-77H2,1-5H3/b20-18-,26-24-,27-25-,32-30-. The lowest BCUT2D eigenvalue weighted by molar-refractivity contribution is -0.870. The van der Waals surface area contributed by atoms with Gasteiger partial charge in [-0.25, -0.2) is 0 Å². The predicted molar refractivity (Wildman–Crippen MR) is 389 cm³/mol. The fraction of sp³-hybridized carbons (Fsp3) is 0.866. The second-order valence-corrected chi connectivity index (χ2v) is 28.4. The Hall–Kier alpha value is -2.75. The Morgan fingerprint density at radius 2 is 0.593 bits per heavy atom. The average molecular weight is 1280 g/mol. The van der Waals surface area contributed by atoms with Gasteiger partial charge in [0.25, 0.3) is 0 Å². The first-order chi connectivity index (χ1) is 44.6. The van der Waals surface area contributed by atoms with Crippen LogP contribution in [0.15, 0.2) is 48.6 Å². The highest BCUT2D eigenvalue weighted by Gasteiger charge is 2.22. The fourth-order valence-electron chi connectivity index (χ4n) is 12.0. The summed E-state index contributed by atoms with van der Waals surface area (Å²) in [6.45, 7) is 4.81. The van der Waals surface area contributed by atoms with Gasteiger partial charge < -0.3 is 33.3 Å². The molecule has 0 aromatic heterocycles. The van der Waals surface area contributed by atoms with Gasteiger partial charge >= 0.3 is 11.9 Å². The van der Waals surface area contributed by atoms with Crippen LogP contribution in [0, 0.1) is 0 Å². The van der Waals surface area contributed by atoms with E-state index in [2.05, 4.69) is 62.5 Å². The van der Waals surface area contributed by atoms with Crippen molar-refractivity contribution >= 4 is 17.9 Å². The molecule has 0 radical (unpaired) electrons. The Morgan fingerprint density at radius 1 is 0.330 bits per heavy atom. The maximum Gasteiger partial charge on any atom is 0.306 e. The minimum Gasteiger partial charge on any atom is -0.545 e. The van der Waals surface area contributed by atoms with Crippen molar-refractivity contribution in [3.8, 4) is 0 Å². The highest BCUT2D eigenvalue weighted by Crippen LogP contribution is 2.19. The largest absolute Gasteiger partial charge is 0.545 e. The summed E-state index contributed by atoms with van der Waals surface area (Å²) in [4.78, 5) is 37.6. The number of likely N-dealkylation sites (N-methyl/N-ethyl adjacent to an activating group) is 1. The van der Waals surface area contributed by atoms with Gasteiger partial charge in [-0.05, 0) is 77.0 Å². The van der Waals surface area contributed by atoms with Gasteiger partial charge in [0.2, 0.25) is 0 Å². The van der Waals surface area contributed by atoms with E-state index in [9.17, 15) is 19.5 Å². The molecule has 2 unspecified atom stereocenters. The number of unbranched alkanes of at least 4 members (excludes halogenated alkanes) is 52. The molecule has 0 aliphatic rings. The van der Waals surface area contributed by atoms with Crippen LogP contribution in [0.1, 0.15) is 399 Å². The number of esters is 2. The number of carboxylic acids is 1. The van der Waals surface area contributed by atoms with Crippen molar-refractivity contribution in [1.29, 1.82) is 0 Å². The summed E-state index contributed by atoms with van der Waals surface area (Å²) in [7, 11) is 5.95. The van der Waals surface area contributed by atoms with Crippen molar-refractivity contribution in [2.45, 2.75) is 411 Å². The van der Waals surface area contributed by atoms with Crippen molar-refractivity contribution in [3.05, 3.63) is 48.6 Å². The number of rotatable bonds is 75. The van der Waals surface area contributed by atoms with Crippen molar-refractivity contribution in [1.82, 2.24) is 0 Å². The lowest BCUT2D eigenvalue weighted by Gasteiger charge is -2.26. The molecule has 0 rings (SSSR count). The van der Waals surface area contributed by atoms with E-state index < -0.39 is 24.3 Å². The quantitative estimate of drug-likeness (QED) is 0.0195. The first-order valence-corrected chi connectivity index (χ1v) is 39.8. The molecule has 0 saturated carbocycles. The molecule has 0 N–H and O–H groups in total. The van der Waals surface area contributed by atoms with Crippen LogP contribution in [0.5, 0.6) is 0 Å². The molecule has 0 amide bonds. The van der Waals surface area contributed by atoms with Gasteiger partial charge in [0, 0.05) is 12.8 Å². The average Bonchev–Trinajstić information content (AvgIpc) is 3.46. The number of carbonyl (C=O) groups is 3. The first-order valence-electron chi connectivity index (χ1n) is 39.8. The minimum atomic E-state index is -1.62. The molecular formula is C82H153NO8. The molecule has 0 bridgehead atoms. The third-order valence-corrected chi connectivity index (χ3v) is 18.0. The summed E-state index contributed by atoms with van der Waals surface area (Å²) >= 11 is 0. The molecule has 0 aliphatic heterocycles. The molecule has 534 valence electrons. The third-order valence-electron chi connectivity index (χ3n) is 18.0. The second-order valence-electron chi connectivity index (χ2n) is 28.4. The lowest BCUT2D eigenvalue weighted by atomic mass is 10.0. The zero-order valence-electron chi connectivity index (χ0n) is 61.2. The number of hydrogen-bond acceptors (Lipinski definition) is 8. The van der Waals surface area contributed by atoms with Gasteiger partial charge in [-0.1, -0.05) is 358 Å². The van der Waals surface area contributed by atoms with Crippen molar-refractivity contribution < 1.29 is 42.9 Å². The topological polar surface area (TPSA) is 111 Å². The molecule has 91 heavy (non-hydrogen) atoms. The Balaban J connectivity index is 3.97. The summed E-state index contributed by atoms with van der Waals surface area (Å²) in [5.74, 6) is -2.25. The molecule has 0 aliphatic carbocycles. The van der Waals surface area contributed by atoms with Crippen LogP contribution in [-0.2, 0) is 33.3 Å². The van der Waals surface area contributed by atoms with Crippen LogP contribution >= 0.6 is 0 Å². The van der Waals surface area contributed by atoms with E-state index in [0.29, 0.717) is 17.4 Å².